The molecule has 134 valence electrons. The molecular weight excluding hydrogens is 338 g/mol. The summed E-state index contributed by atoms with van der Waals surface area (Å²) in [7, 11) is -3.72. The van der Waals surface area contributed by atoms with Crippen molar-refractivity contribution < 1.29 is 17.9 Å². The lowest BCUT2D eigenvalue weighted by Crippen LogP contribution is -2.31. The van der Waals surface area contributed by atoms with Gasteiger partial charge >= 0.3 is 5.97 Å². The molecule has 0 amide bonds. The summed E-state index contributed by atoms with van der Waals surface area (Å²) >= 11 is 0. The van der Waals surface area contributed by atoms with E-state index in [0.29, 0.717) is 16.8 Å². The molecule has 0 atom stereocenters. The molecule has 6 heteroatoms. The summed E-state index contributed by atoms with van der Waals surface area (Å²) in [6.45, 7) is 7.65. The SMILES string of the molecule is CCOC(=O)c1cccc(N(CC)S(=O)(=O)c2ccc(C)cc2)c1C. The third-order valence-corrected chi connectivity index (χ3v) is 5.87. The minimum absolute atomic E-state index is 0.223. The fraction of sp³-hybridized carbons (Fsp3) is 0.316. The Kier molecular flexibility index (Phi) is 5.85. The van der Waals surface area contributed by atoms with Crippen LogP contribution in [0.3, 0.4) is 0 Å². The first-order valence-electron chi connectivity index (χ1n) is 8.19. The first-order chi connectivity index (χ1) is 11.8. The minimum Gasteiger partial charge on any atom is -0.462 e. The summed E-state index contributed by atoms with van der Waals surface area (Å²) in [6.07, 6.45) is 0. The van der Waals surface area contributed by atoms with Crippen LogP contribution in [0.5, 0.6) is 0 Å². The lowest BCUT2D eigenvalue weighted by molar-refractivity contribution is 0.0525. The van der Waals surface area contributed by atoms with E-state index in [0.717, 1.165) is 5.56 Å². The fourth-order valence-electron chi connectivity index (χ4n) is 2.63. The summed E-state index contributed by atoms with van der Waals surface area (Å²) < 4.78 is 32.5. The highest BCUT2D eigenvalue weighted by atomic mass is 32.2. The number of benzene rings is 2. The summed E-state index contributed by atoms with van der Waals surface area (Å²) in [4.78, 5) is 12.3. The second kappa shape index (κ2) is 7.70. The molecule has 0 aromatic heterocycles. The molecule has 0 spiro atoms. The van der Waals surface area contributed by atoms with Crippen molar-refractivity contribution in [2.24, 2.45) is 0 Å². The second-order valence-corrected chi connectivity index (χ2v) is 7.52. The molecule has 0 saturated heterocycles. The number of hydrogen-bond donors (Lipinski definition) is 0. The number of rotatable bonds is 6. The predicted octanol–water partition coefficient (Wildman–Crippen LogP) is 3.70. The maximum absolute atomic E-state index is 13.0. The zero-order chi connectivity index (χ0) is 18.6. The number of carbonyl (C=O) groups excluding carboxylic acids is 1. The molecule has 0 unspecified atom stereocenters. The van der Waals surface area contributed by atoms with Crippen molar-refractivity contribution in [2.75, 3.05) is 17.5 Å². The summed E-state index contributed by atoms with van der Waals surface area (Å²) in [5.74, 6) is -0.453. The molecule has 2 aromatic rings. The fourth-order valence-corrected chi connectivity index (χ4v) is 4.16. The van der Waals surface area contributed by atoms with Crippen LogP contribution >= 0.6 is 0 Å². The van der Waals surface area contributed by atoms with E-state index in [4.69, 9.17) is 4.74 Å². The van der Waals surface area contributed by atoms with Gasteiger partial charge in [-0.1, -0.05) is 23.8 Å². The Labute approximate surface area is 149 Å². The topological polar surface area (TPSA) is 63.7 Å². The average molecular weight is 361 g/mol. The number of ether oxygens (including phenoxy) is 1. The number of esters is 1. The smallest absolute Gasteiger partial charge is 0.338 e. The minimum atomic E-state index is -3.72. The molecule has 0 aliphatic heterocycles. The van der Waals surface area contributed by atoms with Crippen LogP contribution < -0.4 is 4.31 Å². The van der Waals surface area contributed by atoms with E-state index in [1.807, 2.05) is 6.92 Å². The van der Waals surface area contributed by atoms with Gasteiger partial charge in [0.15, 0.2) is 0 Å². The van der Waals surface area contributed by atoms with Crippen LogP contribution in [0.15, 0.2) is 47.4 Å². The molecule has 25 heavy (non-hydrogen) atoms. The number of hydrogen-bond acceptors (Lipinski definition) is 4. The normalized spacial score (nSPS) is 11.2. The van der Waals surface area contributed by atoms with Crippen LogP contribution in [0.4, 0.5) is 5.69 Å². The van der Waals surface area contributed by atoms with Crippen LogP contribution in [0, 0.1) is 13.8 Å². The molecule has 0 radical (unpaired) electrons. The Morgan fingerprint density at radius 1 is 1.04 bits per heavy atom. The van der Waals surface area contributed by atoms with Crippen LogP contribution in [-0.2, 0) is 14.8 Å². The van der Waals surface area contributed by atoms with Gasteiger partial charge in [0, 0.05) is 6.54 Å². The molecule has 0 aliphatic carbocycles. The molecule has 0 saturated carbocycles. The Hall–Kier alpha value is -2.34. The lowest BCUT2D eigenvalue weighted by atomic mass is 10.1. The standard InChI is InChI=1S/C19H23NO4S/c1-5-20(25(22,23)16-12-10-14(3)11-13-16)18-9-7-8-17(15(18)4)19(21)24-6-2/h7-13H,5-6H2,1-4H3. The van der Waals surface area contributed by atoms with E-state index < -0.39 is 16.0 Å². The highest BCUT2D eigenvalue weighted by Gasteiger charge is 2.26. The van der Waals surface area contributed by atoms with Crippen molar-refractivity contribution in [1.29, 1.82) is 0 Å². The zero-order valence-corrected chi connectivity index (χ0v) is 15.8. The second-order valence-electron chi connectivity index (χ2n) is 5.65. The quantitative estimate of drug-likeness (QED) is 0.736. The van der Waals surface area contributed by atoms with Crippen LogP contribution in [0.25, 0.3) is 0 Å². The van der Waals surface area contributed by atoms with E-state index in [1.54, 1.807) is 63.2 Å². The summed E-state index contributed by atoms with van der Waals surface area (Å²) in [5.41, 5.74) is 2.42. The van der Waals surface area contributed by atoms with E-state index in [9.17, 15) is 13.2 Å². The first kappa shape index (κ1) is 19.0. The van der Waals surface area contributed by atoms with Gasteiger partial charge in [0.1, 0.15) is 0 Å². The molecular formula is C19H23NO4S. The number of sulfonamides is 1. The lowest BCUT2D eigenvalue weighted by Gasteiger charge is -2.25. The van der Waals surface area contributed by atoms with Crippen molar-refractivity contribution in [3.05, 3.63) is 59.2 Å². The Morgan fingerprint density at radius 2 is 1.68 bits per heavy atom. The average Bonchev–Trinajstić information content (AvgIpc) is 2.57. The summed E-state index contributed by atoms with van der Waals surface area (Å²) in [6, 6.07) is 11.7. The van der Waals surface area contributed by atoms with E-state index >= 15 is 0 Å². The zero-order valence-electron chi connectivity index (χ0n) is 14.9. The van der Waals surface area contributed by atoms with Gasteiger partial charge in [-0.25, -0.2) is 13.2 Å². The third-order valence-electron chi connectivity index (χ3n) is 3.97. The number of carbonyl (C=O) groups is 1. The molecule has 0 bridgehead atoms. The monoisotopic (exact) mass is 361 g/mol. The number of anilines is 1. The summed E-state index contributed by atoms with van der Waals surface area (Å²) in [5, 5.41) is 0. The molecule has 2 rings (SSSR count). The van der Waals surface area contributed by atoms with Gasteiger partial charge in [-0.3, -0.25) is 4.31 Å². The van der Waals surface area contributed by atoms with Crippen LogP contribution in [0.1, 0.15) is 35.3 Å². The molecule has 5 nitrogen and oxygen atoms in total. The van der Waals surface area contributed by atoms with Gasteiger partial charge in [0.25, 0.3) is 10.0 Å². The van der Waals surface area contributed by atoms with Crippen molar-refractivity contribution >= 4 is 21.7 Å². The Morgan fingerprint density at radius 3 is 2.24 bits per heavy atom. The molecule has 0 heterocycles. The Bertz CT molecular complexity index is 857. The van der Waals surface area contributed by atoms with Gasteiger partial charge in [0.2, 0.25) is 0 Å². The highest BCUT2D eigenvalue weighted by molar-refractivity contribution is 7.92. The number of aryl methyl sites for hydroxylation is 1. The third kappa shape index (κ3) is 3.85. The number of nitrogens with zero attached hydrogens (tertiary/aromatic N) is 1. The van der Waals surface area contributed by atoms with Crippen LogP contribution in [-0.4, -0.2) is 27.5 Å². The van der Waals surface area contributed by atoms with Crippen LogP contribution in [0.2, 0.25) is 0 Å². The van der Waals surface area contributed by atoms with Gasteiger partial charge < -0.3 is 4.74 Å². The van der Waals surface area contributed by atoms with Crippen molar-refractivity contribution in [2.45, 2.75) is 32.6 Å². The highest BCUT2D eigenvalue weighted by Crippen LogP contribution is 2.29. The maximum Gasteiger partial charge on any atom is 0.338 e. The van der Waals surface area contributed by atoms with Gasteiger partial charge in [-0.2, -0.15) is 0 Å². The predicted molar refractivity (Wildman–Crippen MR) is 98.5 cm³/mol. The largest absolute Gasteiger partial charge is 0.462 e. The molecule has 2 aromatic carbocycles. The first-order valence-corrected chi connectivity index (χ1v) is 9.63. The van der Waals surface area contributed by atoms with Gasteiger partial charge in [-0.05, 0) is 57.5 Å². The molecule has 0 fully saturated rings. The van der Waals surface area contributed by atoms with E-state index in [2.05, 4.69) is 0 Å². The van der Waals surface area contributed by atoms with E-state index in [1.165, 1.54) is 4.31 Å². The maximum atomic E-state index is 13.0. The Balaban J connectivity index is 2.52. The van der Waals surface area contributed by atoms with Gasteiger partial charge in [0.05, 0.1) is 22.8 Å². The van der Waals surface area contributed by atoms with Crippen molar-refractivity contribution in [1.82, 2.24) is 0 Å². The van der Waals surface area contributed by atoms with Gasteiger partial charge in [-0.15, -0.1) is 0 Å². The van der Waals surface area contributed by atoms with Crippen molar-refractivity contribution in [3.63, 3.8) is 0 Å². The molecule has 0 N–H and O–H groups in total. The van der Waals surface area contributed by atoms with E-state index in [-0.39, 0.29) is 18.0 Å². The molecule has 0 aliphatic rings. The van der Waals surface area contributed by atoms with Crippen molar-refractivity contribution in [3.8, 4) is 0 Å².